The zero-order valence-corrected chi connectivity index (χ0v) is 16.2. The summed E-state index contributed by atoms with van der Waals surface area (Å²) in [4.78, 5) is 0.141. The first-order valence-corrected chi connectivity index (χ1v) is 10.1. The number of halogens is 3. The van der Waals surface area contributed by atoms with Gasteiger partial charge in [0.25, 0.3) is 0 Å². The van der Waals surface area contributed by atoms with E-state index in [4.69, 9.17) is 0 Å². The van der Waals surface area contributed by atoms with Gasteiger partial charge in [0.05, 0.1) is 11.4 Å². The second-order valence-electron chi connectivity index (χ2n) is 6.82. The Kier molecular flexibility index (Phi) is 5.10. The number of hydrogen-bond donors (Lipinski definition) is 1. The van der Waals surface area contributed by atoms with E-state index in [2.05, 4.69) is 14.9 Å². The molecule has 0 amide bonds. The van der Waals surface area contributed by atoms with Crippen molar-refractivity contribution in [1.82, 2.24) is 24.3 Å². The van der Waals surface area contributed by atoms with Crippen molar-refractivity contribution in [2.75, 3.05) is 6.54 Å². The maximum atomic E-state index is 12.9. The Morgan fingerprint density at radius 1 is 1.26 bits per heavy atom. The van der Waals surface area contributed by atoms with E-state index in [1.165, 1.54) is 9.36 Å². The van der Waals surface area contributed by atoms with E-state index in [0.29, 0.717) is 23.5 Å². The lowest BCUT2D eigenvalue weighted by atomic mass is 10.2. The van der Waals surface area contributed by atoms with Crippen LogP contribution in [0.5, 0.6) is 0 Å². The van der Waals surface area contributed by atoms with Gasteiger partial charge < -0.3 is 0 Å². The third-order valence-corrected chi connectivity index (χ3v) is 6.36. The lowest BCUT2D eigenvalue weighted by molar-refractivity contribution is -0.141. The van der Waals surface area contributed by atoms with Gasteiger partial charge in [0.15, 0.2) is 5.69 Å². The van der Waals surface area contributed by atoms with Crippen LogP contribution in [-0.2, 0) is 29.8 Å². The molecule has 0 atom stereocenters. The smallest absolute Gasteiger partial charge is 0.271 e. The summed E-state index contributed by atoms with van der Waals surface area (Å²) in [5, 5.41) is 7.76. The fraction of sp³-hybridized carbons (Fsp3) is 0.625. The molecule has 1 fully saturated rings. The first-order valence-electron chi connectivity index (χ1n) is 8.65. The van der Waals surface area contributed by atoms with Gasteiger partial charge >= 0.3 is 6.18 Å². The van der Waals surface area contributed by atoms with Crippen LogP contribution in [0.1, 0.15) is 48.0 Å². The van der Waals surface area contributed by atoms with E-state index in [0.717, 1.165) is 18.9 Å². The number of sulfonamides is 1. The highest BCUT2D eigenvalue weighted by Gasteiger charge is 2.37. The third kappa shape index (κ3) is 4.18. The molecule has 11 heteroatoms. The summed E-state index contributed by atoms with van der Waals surface area (Å²) in [5.74, 6) is 0.117. The second-order valence-corrected chi connectivity index (χ2v) is 8.53. The molecule has 0 unspecified atom stereocenters. The molecule has 0 aromatic carbocycles. The molecule has 3 rings (SSSR count). The van der Waals surface area contributed by atoms with Gasteiger partial charge in [0.2, 0.25) is 10.0 Å². The first kappa shape index (κ1) is 19.9. The Hall–Kier alpha value is -1.88. The van der Waals surface area contributed by atoms with E-state index >= 15 is 0 Å². The highest BCUT2D eigenvalue weighted by molar-refractivity contribution is 7.89. The van der Waals surface area contributed by atoms with Gasteiger partial charge in [-0.05, 0) is 39.2 Å². The lowest BCUT2D eigenvalue weighted by Gasteiger charge is -2.09. The van der Waals surface area contributed by atoms with Gasteiger partial charge in [-0.25, -0.2) is 13.1 Å². The summed E-state index contributed by atoms with van der Waals surface area (Å²) in [6.07, 6.45) is -2.44. The molecule has 0 saturated heterocycles. The van der Waals surface area contributed by atoms with Crippen LogP contribution in [0, 0.1) is 13.8 Å². The molecule has 0 radical (unpaired) electrons. The molecule has 2 heterocycles. The fourth-order valence-corrected chi connectivity index (χ4v) is 4.62. The summed E-state index contributed by atoms with van der Waals surface area (Å²) in [6.45, 7) is 3.60. The third-order valence-electron chi connectivity index (χ3n) is 4.65. The van der Waals surface area contributed by atoms with Crippen molar-refractivity contribution in [3.8, 4) is 0 Å². The summed E-state index contributed by atoms with van der Waals surface area (Å²) in [6, 6.07) is 1.10. The molecular weight excluding hydrogens is 383 g/mol. The maximum absolute atomic E-state index is 12.9. The van der Waals surface area contributed by atoms with Crippen molar-refractivity contribution in [2.45, 2.75) is 56.6 Å². The summed E-state index contributed by atoms with van der Waals surface area (Å²) in [5.41, 5.74) is 0.606. The van der Waals surface area contributed by atoms with E-state index in [9.17, 15) is 21.6 Å². The number of nitrogens with zero attached hydrogens (tertiary/aromatic N) is 4. The van der Waals surface area contributed by atoms with Crippen LogP contribution < -0.4 is 4.72 Å². The van der Waals surface area contributed by atoms with Gasteiger partial charge in [-0.2, -0.15) is 23.4 Å². The quantitative estimate of drug-likeness (QED) is 0.718. The summed E-state index contributed by atoms with van der Waals surface area (Å²) >= 11 is 0. The molecule has 1 aliphatic carbocycles. The van der Waals surface area contributed by atoms with Gasteiger partial charge in [0.1, 0.15) is 4.90 Å². The summed E-state index contributed by atoms with van der Waals surface area (Å²) < 4.78 is 69.0. The molecule has 0 spiro atoms. The Labute approximate surface area is 155 Å². The van der Waals surface area contributed by atoms with Crippen molar-refractivity contribution in [3.05, 3.63) is 28.8 Å². The molecule has 150 valence electrons. The molecule has 1 saturated carbocycles. The Morgan fingerprint density at radius 3 is 2.44 bits per heavy atom. The molecule has 0 aliphatic heterocycles. The van der Waals surface area contributed by atoms with Crippen LogP contribution in [0.25, 0.3) is 0 Å². The molecule has 2 aromatic rings. The highest BCUT2D eigenvalue weighted by Crippen LogP contribution is 2.42. The van der Waals surface area contributed by atoms with Crippen LogP contribution >= 0.6 is 0 Å². The highest BCUT2D eigenvalue weighted by atomic mass is 32.2. The number of aromatic nitrogens is 4. The fourth-order valence-electron chi connectivity index (χ4n) is 3.11. The molecule has 2 aromatic heterocycles. The molecule has 1 N–H and O–H groups in total. The predicted molar refractivity (Wildman–Crippen MR) is 91.7 cm³/mol. The predicted octanol–water partition coefficient (Wildman–Crippen LogP) is 2.50. The number of nitrogens with one attached hydrogen (secondary N) is 1. The number of hydrogen-bond acceptors (Lipinski definition) is 4. The average molecular weight is 405 g/mol. The standard InChI is InChI=1S/C16H22F3N5O2S/c1-10-15(11(2)23(3)21-10)27(25,26)20-7-4-8-24-13(12-5-6-12)9-14(22-24)16(17,18)19/h9,12,20H,4-8H2,1-3H3. The van der Waals surface area contributed by atoms with E-state index in [1.807, 2.05) is 0 Å². The second kappa shape index (κ2) is 6.93. The van der Waals surface area contributed by atoms with E-state index < -0.39 is 21.9 Å². The van der Waals surface area contributed by atoms with Crippen LogP contribution in [0.3, 0.4) is 0 Å². The van der Waals surface area contributed by atoms with Gasteiger partial charge in [-0.3, -0.25) is 9.36 Å². The van der Waals surface area contributed by atoms with Crippen LogP contribution in [0.4, 0.5) is 13.2 Å². The zero-order valence-electron chi connectivity index (χ0n) is 15.3. The van der Waals surface area contributed by atoms with Crippen molar-refractivity contribution in [2.24, 2.45) is 7.05 Å². The molecule has 0 bridgehead atoms. The number of aryl methyl sites for hydroxylation is 3. The minimum absolute atomic E-state index is 0.0986. The molecule has 27 heavy (non-hydrogen) atoms. The minimum Gasteiger partial charge on any atom is -0.271 e. The Bertz CT molecular complexity index is 942. The largest absolute Gasteiger partial charge is 0.435 e. The monoisotopic (exact) mass is 405 g/mol. The van der Waals surface area contributed by atoms with Gasteiger partial charge in [0, 0.05) is 31.7 Å². The number of alkyl halides is 3. The average Bonchev–Trinajstić information content (AvgIpc) is 3.23. The molecule has 7 nitrogen and oxygen atoms in total. The van der Waals surface area contributed by atoms with Crippen LogP contribution in [0.15, 0.2) is 11.0 Å². The van der Waals surface area contributed by atoms with Crippen LogP contribution in [0.2, 0.25) is 0 Å². The molecular formula is C16H22F3N5O2S. The minimum atomic E-state index is -4.48. The molecule has 1 aliphatic rings. The number of rotatable bonds is 7. The topological polar surface area (TPSA) is 81.8 Å². The Balaban J connectivity index is 1.64. The van der Waals surface area contributed by atoms with Crippen LogP contribution in [-0.4, -0.2) is 34.5 Å². The van der Waals surface area contributed by atoms with Gasteiger partial charge in [-0.15, -0.1) is 0 Å². The maximum Gasteiger partial charge on any atom is 0.435 e. The zero-order chi connectivity index (χ0) is 20.0. The van der Waals surface area contributed by atoms with E-state index in [1.54, 1.807) is 20.9 Å². The van der Waals surface area contributed by atoms with E-state index in [-0.39, 0.29) is 23.9 Å². The summed E-state index contributed by atoms with van der Waals surface area (Å²) in [7, 11) is -2.07. The first-order chi connectivity index (χ1) is 12.5. The van der Waals surface area contributed by atoms with Crippen molar-refractivity contribution < 1.29 is 21.6 Å². The Morgan fingerprint density at radius 2 is 1.93 bits per heavy atom. The van der Waals surface area contributed by atoms with Crippen molar-refractivity contribution in [3.63, 3.8) is 0 Å². The SMILES string of the molecule is Cc1nn(C)c(C)c1S(=O)(=O)NCCCn1nc(C(F)(F)F)cc1C1CC1. The van der Waals surface area contributed by atoms with Crippen molar-refractivity contribution in [1.29, 1.82) is 0 Å². The lowest BCUT2D eigenvalue weighted by Crippen LogP contribution is -2.26. The normalized spacial score (nSPS) is 15.5. The van der Waals surface area contributed by atoms with Gasteiger partial charge in [-0.1, -0.05) is 0 Å². The van der Waals surface area contributed by atoms with Crippen molar-refractivity contribution >= 4 is 10.0 Å².